The van der Waals surface area contributed by atoms with Crippen molar-refractivity contribution in [2.75, 3.05) is 6.61 Å². The van der Waals surface area contributed by atoms with E-state index in [1.807, 2.05) is 20.8 Å². The predicted octanol–water partition coefficient (Wildman–Crippen LogP) is 5.86. The zero-order valence-corrected chi connectivity index (χ0v) is 35.5. The highest BCUT2D eigenvalue weighted by Crippen LogP contribution is 2.65. The quantitative estimate of drug-likeness (QED) is 0.125. The lowest BCUT2D eigenvalue weighted by molar-refractivity contribution is -0.315. The molecule has 0 amide bonds. The highest BCUT2D eigenvalue weighted by Gasteiger charge is 2.76. The summed E-state index contributed by atoms with van der Waals surface area (Å²) in [6, 6.07) is 0. The van der Waals surface area contributed by atoms with Gasteiger partial charge in [0.1, 0.15) is 30.5 Å². The Morgan fingerprint density at radius 1 is 0.685 bits per heavy atom. The lowest BCUT2D eigenvalue weighted by atomic mass is 9.63. The van der Waals surface area contributed by atoms with Crippen LogP contribution in [0.15, 0.2) is 0 Å². The molecule has 1 saturated carbocycles. The maximum absolute atomic E-state index is 13.6. The Morgan fingerprint density at radius 3 is 1.59 bits per heavy atom. The fourth-order valence-electron chi connectivity index (χ4n) is 6.45. The van der Waals surface area contributed by atoms with Gasteiger partial charge < -0.3 is 37.9 Å². The molecule has 306 valence electrons. The van der Waals surface area contributed by atoms with Crippen molar-refractivity contribution in [3.05, 3.63) is 0 Å². The second-order valence-electron chi connectivity index (χ2n) is 19.8. The van der Waals surface area contributed by atoms with Crippen molar-refractivity contribution >= 4 is 29.8 Å². The Bertz CT molecular complexity index is 1510. The van der Waals surface area contributed by atoms with Gasteiger partial charge in [-0.05, 0) is 103 Å². The van der Waals surface area contributed by atoms with Crippen molar-refractivity contribution in [1.82, 2.24) is 0 Å². The highest BCUT2D eigenvalue weighted by atomic mass is 16.7. The number of hydrogen-bond donors (Lipinski definition) is 0. The molecule has 0 radical (unpaired) electrons. The Hall–Kier alpha value is -3.21. The predicted molar refractivity (Wildman–Crippen MR) is 196 cm³/mol. The van der Waals surface area contributed by atoms with E-state index in [4.69, 9.17) is 37.9 Å². The molecule has 0 N–H and O–H groups in total. The minimum atomic E-state index is -1.45. The Balaban J connectivity index is 2.10. The van der Waals surface area contributed by atoms with Gasteiger partial charge in [0, 0.05) is 18.8 Å². The Kier molecular flexibility index (Phi) is 12.9. The van der Waals surface area contributed by atoms with Gasteiger partial charge in [0.05, 0.1) is 21.7 Å². The number of esters is 5. The summed E-state index contributed by atoms with van der Waals surface area (Å²) in [5, 5.41) is 0. The molecule has 0 aromatic heterocycles. The summed E-state index contributed by atoms with van der Waals surface area (Å²) in [6.45, 7) is 28.6. The van der Waals surface area contributed by atoms with Gasteiger partial charge in [-0.25, -0.2) is 0 Å². The van der Waals surface area contributed by atoms with Gasteiger partial charge >= 0.3 is 29.8 Å². The maximum atomic E-state index is 13.6. The molecule has 0 spiro atoms. The first-order valence-electron chi connectivity index (χ1n) is 18.8. The second-order valence-corrected chi connectivity index (χ2v) is 19.8. The summed E-state index contributed by atoms with van der Waals surface area (Å²) in [4.78, 5) is 65.3. The van der Waals surface area contributed by atoms with E-state index in [0.717, 1.165) is 0 Å². The van der Waals surface area contributed by atoms with Crippen LogP contribution in [0.1, 0.15) is 131 Å². The number of carbonyl (C=O) groups is 5. The Labute approximate surface area is 321 Å². The van der Waals surface area contributed by atoms with Crippen molar-refractivity contribution in [2.24, 2.45) is 27.1 Å². The molecule has 3 fully saturated rings. The van der Waals surface area contributed by atoms with Gasteiger partial charge in [-0.1, -0.05) is 25.7 Å². The number of rotatable bonds is 8. The van der Waals surface area contributed by atoms with E-state index in [1.165, 1.54) is 6.92 Å². The molecule has 2 aliphatic heterocycles. The summed E-state index contributed by atoms with van der Waals surface area (Å²) in [5.41, 5.74) is -5.93. The molecule has 0 aromatic carbocycles. The van der Waals surface area contributed by atoms with E-state index >= 15 is 0 Å². The molecule has 13 nitrogen and oxygen atoms in total. The molecule has 3 aliphatic rings. The van der Waals surface area contributed by atoms with Crippen LogP contribution >= 0.6 is 0 Å². The highest BCUT2D eigenvalue weighted by molar-refractivity contribution is 5.78. The summed E-state index contributed by atoms with van der Waals surface area (Å²) < 4.78 is 48.5. The first-order chi connectivity index (χ1) is 24.2. The molecule has 54 heavy (non-hydrogen) atoms. The van der Waals surface area contributed by atoms with Gasteiger partial charge in [-0.3, -0.25) is 24.0 Å². The minimum absolute atomic E-state index is 0.320. The average Bonchev–Trinajstić information content (AvgIpc) is 3.60. The van der Waals surface area contributed by atoms with Crippen LogP contribution in [-0.2, 0) is 61.9 Å². The van der Waals surface area contributed by atoms with Gasteiger partial charge in [0.2, 0.25) is 6.29 Å². The molecule has 2 heterocycles. The maximum Gasteiger partial charge on any atom is 0.311 e. The third kappa shape index (κ3) is 10.3. The van der Waals surface area contributed by atoms with Crippen molar-refractivity contribution < 1.29 is 61.9 Å². The standard InChI is InChI=1S/C41H64O13/c1-23(18-19-41-39(15,16)20-25(49-24(2)42)21-40(41,17)54-41)48-30-29(53-34(46)38(12,13)14)28(52-33(45)37(9,10)11)27(51-32(44)36(6,7)8)26(50-30)22-47-31(43)35(3,4)5/h23,25-30H,20-22H2,1-17H3/t23-,25+,26-,27-,28+,29-,30-,40-,41+/m1/s1. The van der Waals surface area contributed by atoms with Gasteiger partial charge in [0.15, 0.2) is 23.9 Å². The largest absolute Gasteiger partial charge is 0.462 e. The number of epoxide rings is 1. The molecule has 2 saturated heterocycles. The molecular formula is C41H64O13. The minimum Gasteiger partial charge on any atom is -0.462 e. The third-order valence-electron chi connectivity index (χ3n) is 9.66. The lowest BCUT2D eigenvalue weighted by Gasteiger charge is -2.46. The first kappa shape index (κ1) is 45.2. The summed E-state index contributed by atoms with van der Waals surface area (Å²) >= 11 is 0. The SMILES string of the molecule is CC(=O)O[C@H]1CC(C)(C)[C@]2(C#C[C@@H](C)O[C@@H]3O[C@H](COC(=O)C(C)(C)C)[C@@H](OC(=O)C(C)(C)C)[C@H](OC(=O)C(C)(C)C)[C@H]3OC(=O)C(C)(C)C)O[C@]2(C)C1. The average molecular weight is 765 g/mol. The molecule has 0 unspecified atom stereocenters. The fraction of sp³-hybridized carbons (Fsp3) is 0.829. The first-order valence-corrected chi connectivity index (χ1v) is 18.8. The normalized spacial score (nSPS) is 31.4. The summed E-state index contributed by atoms with van der Waals surface area (Å²) in [6.07, 6.45) is -7.12. The van der Waals surface area contributed by atoms with Crippen molar-refractivity contribution in [3.8, 4) is 11.8 Å². The molecule has 1 aliphatic carbocycles. The van der Waals surface area contributed by atoms with Crippen molar-refractivity contribution in [3.63, 3.8) is 0 Å². The number of ether oxygens (including phenoxy) is 8. The van der Waals surface area contributed by atoms with E-state index in [2.05, 4.69) is 11.8 Å². The van der Waals surface area contributed by atoms with Gasteiger partial charge in [-0.15, -0.1) is 0 Å². The topological polar surface area (TPSA) is 162 Å². The lowest BCUT2D eigenvalue weighted by Crippen LogP contribution is -2.64. The van der Waals surface area contributed by atoms with Gasteiger partial charge in [0.25, 0.3) is 0 Å². The second kappa shape index (κ2) is 15.4. The van der Waals surface area contributed by atoms with Crippen LogP contribution in [0, 0.1) is 38.9 Å². The number of hydrogen-bond acceptors (Lipinski definition) is 13. The van der Waals surface area contributed by atoms with Crippen LogP contribution in [-0.4, -0.2) is 90.6 Å². The van der Waals surface area contributed by atoms with E-state index in [9.17, 15) is 24.0 Å². The van der Waals surface area contributed by atoms with Gasteiger partial charge in [-0.2, -0.15) is 0 Å². The Morgan fingerprint density at radius 2 is 1.15 bits per heavy atom. The zero-order chi connectivity index (χ0) is 41.6. The summed E-state index contributed by atoms with van der Waals surface area (Å²) in [5.74, 6) is 3.56. The van der Waals surface area contributed by atoms with Crippen LogP contribution in [0.4, 0.5) is 0 Å². The molecule has 0 bridgehead atoms. The molecule has 9 atom stereocenters. The summed E-state index contributed by atoms with van der Waals surface area (Å²) in [7, 11) is 0. The fourth-order valence-corrected chi connectivity index (χ4v) is 6.45. The van der Waals surface area contributed by atoms with Crippen LogP contribution < -0.4 is 0 Å². The number of carbonyl (C=O) groups excluding carboxylic acids is 5. The van der Waals surface area contributed by atoms with Crippen molar-refractivity contribution in [1.29, 1.82) is 0 Å². The number of fused-ring (bicyclic) bond motifs is 1. The van der Waals surface area contributed by atoms with E-state index in [1.54, 1.807) is 90.0 Å². The van der Waals surface area contributed by atoms with Crippen molar-refractivity contribution in [2.45, 2.75) is 185 Å². The molecule has 3 rings (SSSR count). The van der Waals surface area contributed by atoms with E-state index < -0.39 is 106 Å². The zero-order valence-electron chi connectivity index (χ0n) is 35.5. The third-order valence-corrected chi connectivity index (χ3v) is 9.66. The van der Waals surface area contributed by atoms with E-state index in [-0.39, 0.29) is 12.1 Å². The van der Waals surface area contributed by atoms with Crippen LogP contribution in [0.25, 0.3) is 0 Å². The molecular weight excluding hydrogens is 700 g/mol. The molecule has 13 heteroatoms. The van der Waals surface area contributed by atoms with Crippen LogP contribution in [0.2, 0.25) is 0 Å². The monoisotopic (exact) mass is 764 g/mol. The molecule has 0 aromatic rings. The van der Waals surface area contributed by atoms with Crippen LogP contribution in [0.5, 0.6) is 0 Å². The van der Waals surface area contributed by atoms with Crippen LogP contribution in [0.3, 0.4) is 0 Å². The smallest absolute Gasteiger partial charge is 0.311 e. The van der Waals surface area contributed by atoms with E-state index in [0.29, 0.717) is 12.8 Å².